The van der Waals surface area contributed by atoms with Crippen LogP contribution in [-0.4, -0.2) is 44.2 Å². The summed E-state index contributed by atoms with van der Waals surface area (Å²) in [5.74, 6) is 0. The molecule has 0 heterocycles. The molecule has 1 aromatic rings. The fourth-order valence-corrected chi connectivity index (χ4v) is 2.45. The van der Waals surface area contributed by atoms with Gasteiger partial charge in [-0.05, 0) is 12.1 Å². The van der Waals surface area contributed by atoms with E-state index in [9.17, 15) is 18.0 Å². The Balaban J connectivity index is 3.01. The molecular weight excluding hydrogens is 260 g/mol. The van der Waals surface area contributed by atoms with E-state index in [1.54, 1.807) is 6.07 Å². The molecule has 98 valence electrons. The second kappa shape index (κ2) is 6.39. The standard InChI is InChI=1S/C11H12O6S/c12-6-9(7-13)17-11(8-14)18(15,16)10-4-2-1-3-5-10/h1-6,8-9,11,13H,7H2. The third-order valence-electron chi connectivity index (χ3n) is 2.13. The highest BCUT2D eigenvalue weighted by atomic mass is 32.2. The van der Waals surface area contributed by atoms with Gasteiger partial charge < -0.3 is 14.6 Å². The average Bonchev–Trinajstić information content (AvgIpc) is 2.41. The lowest BCUT2D eigenvalue weighted by molar-refractivity contribution is -0.126. The quantitative estimate of drug-likeness (QED) is 0.676. The van der Waals surface area contributed by atoms with Crippen LogP contribution < -0.4 is 0 Å². The molecule has 0 aliphatic heterocycles. The van der Waals surface area contributed by atoms with E-state index < -0.39 is 28.0 Å². The molecule has 18 heavy (non-hydrogen) atoms. The summed E-state index contributed by atoms with van der Waals surface area (Å²) in [6.45, 7) is -0.696. The summed E-state index contributed by atoms with van der Waals surface area (Å²) in [4.78, 5) is 21.2. The molecule has 0 radical (unpaired) electrons. The predicted molar refractivity (Wildman–Crippen MR) is 61.5 cm³/mol. The Kier molecular flexibility index (Phi) is 5.14. The number of benzene rings is 1. The highest BCUT2D eigenvalue weighted by Gasteiger charge is 2.30. The van der Waals surface area contributed by atoms with Crippen LogP contribution in [0.25, 0.3) is 0 Å². The lowest BCUT2D eigenvalue weighted by atomic mass is 10.4. The minimum atomic E-state index is -4.03. The van der Waals surface area contributed by atoms with Crippen molar-refractivity contribution in [3.8, 4) is 0 Å². The van der Waals surface area contributed by atoms with E-state index in [1.807, 2.05) is 0 Å². The van der Waals surface area contributed by atoms with Crippen LogP contribution in [0.1, 0.15) is 0 Å². The van der Waals surface area contributed by atoms with Crippen molar-refractivity contribution in [1.29, 1.82) is 0 Å². The van der Waals surface area contributed by atoms with Crippen LogP contribution in [0.2, 0.25) is 0 Å². The SMILES string of the molecule is O=CC(CO)OC(C=O)S(=O)(=O)c1ccccc1. The van der Waals surface area contributed by atoms with Gasteiger partial charge >= 0.3 is 0 Å². The van der Waals surface area contributed by atoms with Crippen molar-refractivity contribution in [2.75, 3.05) is 6.61 Å². The molecule has 0 saturated heterocycles. The number of ether oxygens (including phenoxy) is 1. The molecule has 2 atom stereocenters. The molecule has 1 rings (SSSR count). The normalized spacial score (nSPS) is 14.7. The molecule has 0 bridgehead atoms. The Hall–Kier alpha value is -1.57. The molecule has 0 amide bonds. The number of rotatable bonds is 7. The molecular formula is C11H12O6S. The van der Waals surface area contributed by atoms with E-state index in [0.29, 0.717) is 0 Å². The lowest BCUT2D eigenvalue weighted by Crippen LogP contribution is -2.33. The van der Waals surface area contributed by atoms with Crippen LogP contribution in [0.4, 0.5) is 0 Å². The molecule has 2 unspecified atom stereocenters. The number of aliphatic hydroxyl groups excluding tert-OH is 1. The molecule has 6 nitrogen and oxygen atoms in total. The summed E-state index contributed by atoms with van der Waals surface area (Å²) in [6.07, 6.45) is -1.04. The van der Waals surface area contributed by atoms with Crippen LogP contribution in [0.3, 0.4) is 0 Å². The summed E-state index contributed by atoms with van der Waals surface area (Å²) in [6, 6.07) is 7.24. The third kappa shape index (κ3) is 3.22. The Morgan fingerprint density at radius 2 is 1.78 bits per heavy atom. The van der Waals surface area contributed by atoms with Crippen molar-refractivity contribution >= 4 is 22.4 Å². The van der Waals surface area contributed by atoms with Crippen molar-refractivity contribution in [2.45, 2.75) is 16.4 Å². The number of sulfone groups is 1. The number of aliphatic hydroxyl groups is 1. The molecule has 0 aliphatic carbocycles. The zero-order valence-corrected chi connectivity index (χ0v) is 10.1. The molecule has 0 saturated carbocycles. The molecule has 1 N–H and O–H groups in total. The molecule has 0 aromatic heterocycles. The number of aldehydes is 2. The Morgan fingerprint density at radius 3 is 2.22 bits per heavy atom. The van der Waals surface area contributed by atoms with Crippen molar-refractivity contribution < 1.29 is 27.9 Å². The summed E-state index contributed by atoms with van der Waals surface area (Å²) in [7, 11) is -4.03. The van der Waals surface area contributed by atoms with Crippen LogP contribution in [0.15, 0.2) is 35.2 Å². The second-order valence-corrected chi connectivity index (χ2v) is 5.38. The van der Waals surface area contributed by atoms with Gasteiger partial charge in [0.25, 0.3) is 0 Å². The predicted octanol–water partition coefficient (Wildman–Crippen LogP) is -0.438. The first-order valence-electron chi connectivity index (χ1n) is 5.02. The summed E-state index contributed by atoms with van der Waals surface area (Å²) in [5.41, 5.74) is -1.82. The van der Waals surface area contributed by atoms with E-state index >= 15 is 0 Å². The first-order chi connectivity index (χ1) is 8.56. The van der Waals surface area contributed by atoms with Crippen molar-refractivity contribution in [3.05, 3.63) is 30.3 Å². The molecule has 0 spiro atoms. The van der Waals surface area contributed by atoms with Gasteiger partial charge in [-0.25, -0.2) is 8.42 Å². The maximum absolute atomic E-state index is 12.0. The molecule has 0 fully saturated rings. The van der Waals surface area contributed by atoms with Gasteiger partial charge in [0.2, 0.25) is 15.3 Å². The second-order valence-electron chi connectivity index (χ2n) is 3.36. The smallest absolute Gasteiger partial charge is 0.219 e. The molecule has 1 aromatic carbocycles. The minimum Gasteiger partial charge on any atom is -0.393 e. The van der Waals surface area contributed by atoms with Crippen molar-refractivity contribution in [2.24, 2.45) is 0 Å². The van der Waals surface area contributed by atoms with Gasteiger partial charge in [-0.15, -0.1) is 0 Å². The van der Waals surface area contributed by atoms with Crippen molar-refractivity contribution in [3.63, 3.8) is 0 Å². The van der Waals surface area contributed by atoms with Crippen LogP contribution >= 0.6 is 0 Å². The highest BCUT2D eigenvalue weighted by molar-refractivity contribution is 7.92. The fourth-order valence-electron chi connectivity index (χ4n) is 1.21. The lowest BCUT2D eigenvalue weighted by Gasteiger charge is -2.16. The minimum absolute atomic E-state index is 0.0779. The Labute approximate surface area is 104 Å². The first-order valence-corrected chi connectivity index (χ1v) is 6.56. The van der Waals surface area contributed by atoms with Gasteiger partial charge in [0, 0.05) is 0 Å². The maximum atomic E-state index is 12.0. The fraction of sp³-hybridized carbons (Fsp3) is 0.273. The summed E-state index contributed by atoms with van der Waals surface area (Å²) < 4.78 is 28.7. The van der Waals surface area contributed by atoms with Gasteiger partial charge in [0.15, 0.2) is 12.6 Å². The highest BCUT2D eigenvalue weighted by Crippen LogP contribution is 2.16. The van der Waals surface area contributed by atoms with Gasteiger partial charge in [0.1, 0.15) is 6.10 Å². The van der Waals surface area contributed by atoms with Gasteiger partial charge in [-0.3, -0.25) is 4.79 Å². The zero-order valence-electron chi connectivity index (χ0n) is 9.30. The zero-order chi connectivity index (χ0) is 13.6. The van der Waals surface area contributed by atoms with E-state index in [-0.39, 0.29) is 17.5 Å². The van der Waals surface area contributed by atoms with E-state index in [4.69, 9.17) is 9.84 Å². The largest absolute Gasteiger partial charge is 0.393 e. The van der Waals surface area contributed by atoms with E-state index in [2.05, 4.69) is 0 Å². The van der Waals surface area contributed by atoms with Crippen LogP contribution in [0, 0.1) is 0 Å². The molecule has 7 heteroatoms. The van der Waals surface area contributed by atoms with Crippen LogP contribution in [0.5, 0.6) is 0 Å². The first kappa shape index (κ1) is 14.5. The molecule has 0 aliphatic rings. The summed E-state index contributed by atoms with van der Waals surface area (Å²) in [5, 5.41) is 8.74. The Bertz CT molecular complexity index is 496. The van der Waals surface area contributed by atoms with Crippen molar-refractivity contribution in [1.82, 2.24) is 0 Å². The van der Waals surface area contributed by atoms with Gasteiger partial charge in [-0.2, -0.15) is 0 Å². The van der Waals surface area contributed by atoms with Crippen LogP contribution in [-0.2, 0) is 24.2 Å². The monoisotopic (exact) mass is 272 g/mol. The van der Waals surface area contributed by atoms with Gasteiger partial charge in [-0.1, -0.05) is 18.2 Å². The topological polar surface area (TPSA) is 97.7 Å². The number of carbonyl (C=O) groups excluding carboxylic acids is 2. The number of carbonyl (C=O) groups is 2. The van der Waals surface area contributed by atoms with Gasteiger partial charge in [0.05, 0.1) is 11.5 Å². The third-order valence-corrected chi connectivity index (χ3v) is 3.89. The number of hydrogen-bond acceptors (Lipinski definition) is 6. The average molecular weight is 272 g/mol. The maximum Gasteiger partial charge on any atom is 0.219 e. The summed E-state index contributed by atoms with van der Waals surface area (Å²) >= 11 is 0. The number of hydrogen-bond donors (Lipinski definition) is 1. The van der Waals surface area contributed by atoms with E-state index in [1.165, 1.54) is 24.3 Å². The Morgan fingerprint density at radius 1 is 1.17 bits per heavy atom. The van der Waals surface area contributed by atoms with E-state index in [0.717, 1.165) is 0 Å².